The summed E-state index contributed by atoms with van der Waals surface area (Å²) < 4.78 is 0.858. The van der Waals surface area contributed by atoms with Gasteiger partial charge in [-0.3, -0.25) is 9.78 Å². The number of rotatable bonds is 4. The summed E-state index contributed by atoms with van der Waals surface area (Å²) in [5.74, 6) is 0.481. The molecule has 0 spiro atoms. The first-order valence-electron chi connectivity index (χ1n) is 8.88. The number of carbonyl (C=O) groups is 1. The van der Waals surface area contributed by atoms with Crippen molar-refractivity contribution >= 4 is 33.4 Å². The molecule has 4 heterocycles. The molecule has 3 aromatic heterocycles. The van der Waals surface area contributed by atoms with Crippen molar-refractivity contribution < 1.29 is 9.90 Å². The number of carbonyl (C=O) groups excluding carboxylic acids is 1. The standard InChI is InChI=1S/C18H19N5OS.CH4O/c1-12(13-5-4-7-19-11-13)20-18-21-14-6-10-25-16(14)15(22-18)17(24)23-8-2-3-9-23;1-2/h4-7,10-12H,2-3,8-9H2,1H3,(H,20,21,22);2H,1H3. The number of aliphatic hydroxyl groups is 1. The van der Waals surface area contributed by atoms with Crippen molar-refractivity contribution in [3.63, 3.8) is 0 Å². The number of hydrogen-bond donors (Lipinski definition) is 2. The van der Waals surface area contributed by atoms with E-state index in [0.29, 0.717) is 11.6 Å². The fourth-order valence-electron chi connectivity index (χ4n) is 3.05. The minimum Gasteiger partial charge on any atom is -0.400 e. The third-order valence-electron chi connectivity index (χ3n) is 4.43. The molecule has 8 heteroatoms. The monoisotopic (exact) mass is 385 g/mol. The van der Waals surface area contributed by atoms with Gasteiger partial charge in [0.1, 0.15) is 0 Å². The van der Waals surface area contributed by atoms with Gasteiger partial charge in [-0.25, -0.2) is 9.97 Å². The second kappa shape index (κ2) is 8.88. The van der Waals surface area contributed by atoms with Crippen LogP contribution < -0.4 is 5.32 Å². The molecule has 0 saturated carbocycles. The SMILES string of the molecule is CC(Nc1nc(C(=O)N2CCCC2)c2sccc2n1)c1cccnc1.CO. The van der Waals surface area contributed by atoms with Gasteiger partial charge in [0.25, 0.3) is 5.91 Å². The molecule has 27 heavy (non-hydrogen) atoms. The zero-order valence-electron chi connectivity index (χ0n) is 15.4. The molecule has 1 amide bonds. The van der Waals surface area contributed by atoms with Gasteiger partial charge < -0.3 is 15.3 Å². The lowest BCUT2D eigenvalue weighted by Gasteiger charge is -2.17. The summed E-state index contributed by atoms with van der Waals surface area (Å²) in [6, 6.07) is 5.84. The quantitative estimate of drug-likeness (QED) is 0.717. The van der Waals surface area contributed by atoms with Gasteiger partial charge >= 0.3 is 0 Å². The summed E-state index contributed by atoms with van der Waals surface area (Å²) in [6.45, 7) is 3.65. The number of pyridine rings is 1. The summed E-state index contributed by atoms with van der Waals surface area (Å²) in [5, 5.41) is 12.3. The van der Waals surface area contributed by atoms with Gasteiger partial charge in [-0.2, -0.15) is 0 Å². The van der Waals surface area contributed by atoms with Crippen LogP contribution in [-0.2, 0) is 0 Å². The Balaban J connectivity index is 0.00000102. The third kappa shape index (κ3) is 4.23. The summed E-state index contributed by atoms with van der Waals surface area (Å²) >= 11 is 1.51. The van der Waals surface area contributed by atoms with Crippen LogP contribution in [0.3, 0.4) is 0 Å². The lowest BCUT2D eigenvalue weighted by Crippen LogP contribution is -2.28. The molecule has 3 aromatic rings. The Morgan fingerprint density at radius 1 is 1.26 bits per heavy atom. The maximum atomic E-state index is 12.9. The Labute approximate surface area is 162 Å². The zero-order chi connectivity index (χ0) is 19.2. The van der Waals surface area contributed by atoms with Crippen LogP contribution in [0.5, 0.6) is 0 Å². The van der Waals surface area contributed by atoms with Crippen LogP contribution in [0.2, 0.25) is 0 Å². The fraction of sp³-hybridized carbons (Fsp3) is 0.368. The Kier molecular flexibility index (Phi) is 6.31. The molecule has 0 radical (unpaired) electrons. The van der Waals surface area contributed by atoms with Gasteiger partial charge in [0.05, 0.1) is 16.3 Å². The first-order chi connectivity index (χ1) is 13.2. The third-order valence-corrected chi connectivity index (χ3v) is 5.34. The number of nitrogens with zero attached hydrogens (tertiary/aromatic N) is 4. The number of anilines is 1. The van der Waals surface area contributed by atoms with Crippen molar-refractivity contribution in [3.8, 4) is 0 Å². The van der Waals surface area contributed by atoms with Gasteiger partial charge in [0.2, 0.25) is 5.95 Å². The summed E-state index contributed by atoms with van der Waals surface area (Å²) in [4.78, 5) is 28.0. The molecule has 1 saturated heterocycles. The van der Waals surface area contributed by atoms with E-state index in [4.69, 9.17) is 5.11 Å². The van der Waals surface area contributed by atoms with E-state index in [-0.39, 0.29) is 11.9 Å². The van der Waals surface area contributed by atoms with Crippen molar-refractivity contribution in [2.24, 2.45) is 0 Å². The van der Waals surface area contributed by atoms with E-state index in [1.807, 2.05) is 41.6 Å². The van der Waals surface area contributed by atoms with Gasteiger partial charge in [-0.15, -0.1) is 11.3 Å². The van der Waals surface area contributed by atoms with Gasteiger partial charge in [-0.05, 0) is 42.8 Å². The van der Waals surface area contributed by atoms with Gasteiger partial charge in [0.15, 0.2) is 5.69 Å². The van der Waals surface area contributed by atoms with Crippen molar-refractivity contribution in [2.75, 3.05) is 25.5 Å². The van der Waals surface area contributed by atoms with E-state index >= 15 is 0 Å². The topological polar surface area (TPSA) is 91.2 Å². The number of amides is 1. The Morgan fingerprint density at radius 3 is 2.74 bits per heavy atom. The molecule has 1 unspecified atom stereocenters. The van der Waals surface area contributed by atoms with Crippen LogP contribution in [0.1, 0.15) is 41.9 Å². The first kappa shape index (κ1) is 19.2. The molecule has 1 fully saturated rings. The van der Waals surface area contributed by atoms with Crippen LogP contribution in [0.15, 0.2) is 36.0 Å². The second-order valence-electron chi connectivity index (χ2n) is 6.18. The molecular weight excluding hydrogens is 362 g/mol. The van der Waals surface area contributed by atoms with E-state index in [0.717, 1.165) is 48.8 Å². The van der Waals surface area contributed by atoms with Crippen LogP contribution in [0, 0.1) is 0 Å². The largest absolute Gasteiger partial charge is 0.400 e. The van der Waals surface area contributed by atoms with E-state index in [9.17, 15) is 4.79 Å². The molecule has 2 N–H and O–H groups in total. The van der Waals surface area contributed by atoms with Crippen LogP contribution >= 0.6 is 11.3 Å². The van der Waals surface area contributed by atoms with Crippen LogP contribution in [0.4, 0.5) is 5.95 Å². The molecule has 0 aliphatic carbocycles. The fourth-order valence-corrected chi connectivity index (χ4v) is 3.86. The normalized spacial score (nSPS) is 14.6. The number of nitrogens with one attached hydrogen (secondary N) is 1. The predicted molar refractivity (Wildman–Crippen MR) is 107 cm³/mol. The minimum atomic E-state index is -0.000440. The summed E-state index contributed by atoms with van der Waals surface area (Å²) in [7, 11) is 1.00. The predicted octanol–water partition coefficient (Wildman–Crippen LogP) is 3.10. The maximum Gasteiger partial charge on any atom is 0.274 e. The highest BCUT2D eigenvalue weighted by Crippen LogP contribution is 2.27. The first-order valence-corrected chi connectivity index (χ1v) is 9.76. The van der Waals surface area contributed by atoms with Crippen LogP contribution in [0.25, 0.3) is 10.2 Å². The Hall–Kier alpha value is -2.58. The van der Waals surface area contributed by atoms with Crippen molar-refractivity contribution in [2.45, 2.75) is 25.8 Å². The van der Waals surface area contributed by atoms with Gasteiger partial charge in [-0.1, -0.05) is 6.07 Å². The number of likely N-dealkylation sites (tertiary alicyclic amines) is 1. The number of hydrogen-bond acceptors (Lipinski definition) is 7. The molecule has 0 bridgehead atoms. The maximum absolute atomic E-state index is 12.9. The van der Waals surface area contributed by atoms with E-state index in [1.54, 1.807) is 6.20 Å². The lowest BCUT2D eigenvalue weighted by atomic mass is 10.1. The highest BCUT2D eigenvalue weighted by molar-refractivity contribution is 7.17. The number of fused-ring (bicyclic) bond motifs is 1. The average molecular weight is 385 g/mol. The molecule has 1 aliphatic heterocycles. The smallest absolute Gasteiger partial charge is 0.274 e. The van der Waals surface area contributed by atoms with Crippen LogP contribution in [-0.4, -0.2) is 51.1 Å². The average Bonchev–Trinajstić information content (AvgIpc) is 3.41. The molecule has 1 aliphatic rings. The Morgan fingerprint density at radius 2 is 2.04 bits per heavy atom. The highest BCUT2D eigenvalue weighted by atomic mass is 32.1. The molecule has 1 atom stereocenters. The molecule has 4 rings (SSSR count). The highest BCUT2D eigenvalue weighted by Gasteiger charge is 2.24. The zero-order valence-corrected chi connectivity index (χ0v) is 16.2. The molecule has 0 aromatic carbocycles. The van der Waals surface area contributed by atoms with Crippen molar-refractivity contribution in [1.82, 2.24) is 19.9 Å². The number of thiophene rings is 1. The minimum absolute atomic E-state index is 0.000440. The number of aliphatic hydroxyl groups excluding tert-OH is 1. The van der Waals surface area contributed by atoms with Gasteiger partial charge in [0, 0.05) is 32.6 Å². The lowest BCUT2D eigenvalue weighted by molar-refractivity contribution is 0.0789. The van der Waals surface area contributed by atoms with E-state index < -0.39 is 0 Å². The van der Waals surface area contributed by atoms with Crippen molar-refractivity contribution in [3.05, 3.63) is 47.2 Å². The second-order valence-corrected chi connectivity index (χ2v) is 7.10. The Bertz CT molecular complexity index is 894. The summed E-state index contributed by atoms with van der Waals surface area (Å²) in [6.07, 6.45) is 5.69. The summed E-state index contributed by atoms with van der Waals surface area (Å²) in [5.41, 5.74) is 2.36. The molecular formula is C19H23N5O2S. The van der Waals surface area contributed by atoms with Crippen molar-refractivity contribution in [1.29, 1.82) is 0 Å². The number of aromatic nitrogens is 3. The molecule has 142 valence electrons. The van der Waals surface area contributed by atoms with E-state index in [2.05, 4.69) is 20.3 Å². The van der Waals surface area contributed by atoms with E-state index in [1.165, 1.54) is 11.3 Å². The molecule has 7 nitrogen and oxygen atoms in total.